The standard InChI is InChI=1S/C10H10Cl3O4P/c1-3-16-18(14,15-2)17-6-7-4-9(12)10(13)5-8(7)11/h3-5H,1,6H2,2H3. The first-order chi connectivity index (χ1) is 8.41. The second-order valence-electron chi connectivity index (χ2n) is 3.03. The average molecular weight is 332 g/mol. The van der Waals surface area contributed by atoms with Gasteiger partial charge in [0.2, 0.25) is 0 Å². The van der Waals surface area contributed by atoms with Crippen molar-refractivity contribution in [2.45, 2.75) is 6.61 Å². The molecule has 100 valence electrons. The molecule has 0 aliphatic carbocycles. The molecule has 8 heteroatoms. The maximum absolute atomic E-state index is 11.8. The van der Waals surface area contributed by atoms with Gasteiger partial charge in [-0.15, -0.1) is 0 Å². The summed E-state index contributed by atoms with van der Waals surface area (Å²) in [7, 11) is -2.47. The maximum atomic E-state index is 11.8. The smallest absolute Gasteiger partial charge is 0.413 e. The highest BCUT2D eigenvalue weighted by atomic mass is 35.5. The highest BCUT2D eigenvalue weighted by Gasteiger charge is 2.25. The third-order valence-electron chi connectivity index (χ3n) is 1.89. The minimum atomic E-state index is -3.67. The summed E-state index contributed by atoms with van der Waals surface area (Å²) in [6, 6.07) is 2.98. The van der Waals surface area contributed by atoms with E-state index in [1.807, 2.05) is 0 Å². The van der Waals surface area contributed by atoms with Crippen LogP contribution >= 0.6 is 42.6 Å². The lowest BCUT2D eigenvalue weighted by molar-refractivity contribution is 0.158. The van der Waals surface area contributed by atoms with Gasteiger partial charge in [0, 0.05) is 12.1 Å². The quantitative estimate of drug-likeness (QED) is 0.414. The van der Waals surface area contributed by atoms with E-state index in [0.29, 0.717) is 20.6 Å². The molecule has 0 N–H and O–H groups in total. The van der Waals surface area contributed by atoms with E-state index in [2.05, 4.69) is 15.6 Å². The molecule has 18 heavy (non-hydrogen) atoms. The predicted molar refractivity (Wildman–Crippen MR) is 72.2 cm³/mol. The van der Waals surface area contributed by atoms with Crippen LogP contribution in [-0.4, -0.2) is 7.11 Å². The maximum Gasteiger partial charge on any atom is 0.529 e. The highest BCUT2D eigenvalue weighted by Crippen LogP contribution is 2.49. The molecule has 1 aromatic rings. The van der Waals surface area contributed by atoms with E-state index >= 15 is 0 Å². The van der Waals surface area contributed by atoms with E-state index in [9.17, 15) is 4.57 Å². The van der Waals surface area contributed by atoms with Gasteiger partial charge in [0.05, 0.1) is 22.9 Å². The van der Waals surface area contributed by atoms with Crippen molar-refractivity contribution in [2.75, 3.05) is 7.11 Å². The van der Waals surface area contributed by atoms with Gasteiger partial charge in [0.1, 0.15) is 0 Å². The Morgan fingerprint density at radius 2 is 1.89 bits per heavy atom. The number of hydrogen-bond donors (Lipinski definition) is 0. The van der Waals surface area contributed by atoms with E-state index < -0.39 is 7.82 Å². The number of rotatable bonds is 6. The molecular weight excluding hydrogens is 321 g/mol. The van der Waals surface area contributed by atoms with Crippen LogP contribution in [0.25, 0.3) is 0 Å². The van der Waals surface area contributed by atoms with Crippen molar-refractivity contribution in [3.8, 4) is 0 Å². The fourth-order valence-electron chi connectivity index (χ4n) is 1.04. The van der Waals surface area contributed by atoms with Crippen LogP contribution in [0.5, 0.6) is 0 Å². The molecule has 1 aromatic carbocycles. The third kappa shape index (κ3) is 4.16. The van der Waals surface area contributed by atoms with E-state index in [4.69, 9.17) is 39.3 Å². The highest BCUT2D eigenvalue weighted by molar-refractivity contribution is 7.48. The van der Waals surface area contributed by atoms with Crippen LogP contribution in [0.2, 0.25) is 15.1 Å². The molecule has 0 spiro atoms. The lowest BCUT2D eigenvalue weighted by atomic mass is 10.2. The van der Waals surface area contributed by atoms with Gasteiger partial charge in [-0.2, -0.15) is 0 Å². The molecule has 1 atom stereocenters. The Morgan fingerprint density at radius 3 is 2.44 bits per heavy atom. The molecule has 4 nitrogen and oxygen atoms in total. The van der Waals surface area contributed by atoms with Crippen molar-refractivity contribution in [3.05, 3.63) is 45.6 Å². The molecule has 0 fully saturated rings. The fourth-order valence-corrected chi connectivity index (χ4v) is 2.40. The topological polar surface area (TPSA) is 44.8 Å². The lowest BCUT2D eigenvalue weighted by Gasteiger charge is -2.14. The average Bonchev–Trinajstić information content (AvgIpc) is 2.32. The SMILES string of the molecule is C=COP(=O)(OC)OCc1cc(Cl)c(Cl)cc1Cl. The van der Waals surface area contributed by atoms with Crippen molar-refractivity contribution in [2.24, 2.45) is 0 Å². The second-order valence-corrected chi connectivity index (χ2v) is 5.98. The van der Waals surface area contributed by atoms with Crippen LogP contribution in [-0.2, 0) is 24.7 Å². The predicted octanol–water partition coefficient (Wildman–Crippen LogP) is 5.08. The molecule has 1 unspecified atom stereocenters. The summed E-state index contributed by atoms with van der Waals surface area (Å²) in [6.45, 7) is 3.17. The van der Waals surface area contributed by atoms with Gasteiger partial charge in [-0.25, -0.2) is 4.57 Å². The van der Waals surface area contributed by atoms with E-state index in [1.165, 1.54) is 19.2 Å². The van der Waals surface area contributed by atoms with Gasteiger partial charge in [0.15, 0.2) is 0 Å². The van der Waals surface area contributed by atoms with E-state index in [-0.39, 0.29) is 6.61 Å². The van der Waals surface area contributed by atoms with Crippen molar-refractivity contribution in [1.82, 2.24) is 0 Å². The largest absolute Gasteiger partial charge is 0.529 e. The minimum absolute atomic E-state index is 0.103. The van der Waals surface area contributed by atoms with Crippen LogP contribution in [0.1, 0.15) is 5.56 Å². The third-order valence-corrected chi connectivity index (χ3v) is 4.27. The van der Waals surface area contributed by atoms with Crippen molar-refractivity contribution in [3.63, 3.8) is 0 Å². The Balaban J connectivity index is 2.83. The van der Waals surface area contributed by atoms with E-state index in [0.717, 1.165) is 6.26 Å². The first-order valence-corrected chi connectivity index (χ1v) is 7.24. The zero-order valence-electron chi connectivity index (χ0n) is 9.36. The van der Waals surface area contributed by atoms with Crippen molar-refractivity contribution < 1.29 is 18.1 Å². The molecule has 0 aliphatic heterocycles. The molecule has 0 saturated carbocycles. The van der Waals surface area contributed by atoms with Crippen molar-refractivity contribution >= 4 is 42.6 Å². The van der Waals surface area contributed by atoms with Gasteiger partial charge in [-0.05, 0) is 17.7 Å². The fraction of sp³-hybridized carbons (Fsp3) is 0.200. The van der Waals surface area contributed by atoms with Gasteiger partial charge < -0.3 is 4.52 Å². The molecule has 0 heterocycles. The summed E-state index contributed by atoms with van der Waals surface area (Å²) < 4.78 is 26.1. The Bertz CT molecular complexity index is 492. The Labute approximate surface area is 120 Å². The zero-order valence-corrected chi connectivity index (χ0v) is 12.5. The van der Waals surface area contributed by atoms with Gasteiger partial charge in [-0.3, -0.25) is 9.05 Å². The summed E-state index contributed by atoms with van der Waals surface area (Å²) in [4.78, 5) is 0. The molecule has 0 aromatic heterocycles. The molecular formula is C10H10Cl3O4P. The number of phosphoric ester groups is 1. The molecule has 0 saturated heterocycles. The first-order valence-electron chi connectivity index (χ1n) is 4.65. The zero-order chi connectivity index (χ0) is 13.8. The first kappa shape index (κ1) is 15.8. The van der Waals surface area contributed by atoms with Gasteiger partial charge >= 0.3 is 7.82 Å². The number of phosphoric acid groups is 1. The minimum Gasteiger partial charge on any atom is -0.413 e. The molecule has 0 aliphatic rings. The molecule has 1 rings (SSSR count). The summed E-state index contributed by atoms with van der Waals surface area (Å²) in [6.07, 6.45) is 0.973. The van der Waals surface area contributed by atoms with Crippen molar-refractivity contribution in [1.29, 1.82) is 0 Å². The normalized spacial score (nSPS) is 14.0. The second kappa shape index (κ2) is 6.80. The Morgan fingerprint density at radius 1 is 1.28 bits per heavy atom. The molecule has 0 amide bonds. The summed E-state index contributed by atoms with van der Waals surface area (Å²) >= 11 is 17.6. The van der Waals surface area contributed by atoms with Gasteiger partial charge in [-0.1, -0.05) is 41.4 Å². The van der Waals surface area contributed by atoms with Crippen LogP contribution in [0.4, 0.5) is 0 Å². The number of hydrogen-bond acceptors (Lipinski definition) is 4. The molecule has 0 radical (unpaired) electrons. The number of benzene rings is 1. The summed E-state index contributed by atoms with van der Waals surface area (Å²) in [5.74, 6) is 0. The monoisotopic (exact) mass is 330 g/mol. The van der Waals surface area contributed by atoms with Crippen LogP contribution in [0, 0.1) is 0 Å². The van der Waals surface area contributed by atoms with Crippen LogP contribution in [0.3, 0.4) is 0 Å². The van der Waals surface area contributed by atoms with Crippen LogP contribution in [0.15, 0.2) is 25.0 Å². The summed E-state index contributed by atoms with van der Waals surface area (Å²) in [5, 5.41) is 0.977. The lowest BCUT2D eigenvalue weighted by Crippen LogP contribution is -1.96. The number of halogens is 3. The summed E-state index contributed by atoms with van der Waals surface area (Å²) in [5.41, 5.74) is 0.510. The van der Waals surface area contributed by atoms with Gasteiger partial charge in [0.25, 0.3) is 0 Å². The Kier molecular flexibility index (Phi) is 5.99. The van der Waals surface area contributed by atoms with E-state index in [1.54, 1.807) is 0 Å². The Hall–Kier alpha value is -0.220. The van der Waals surface area contributed by atoms with Crippen LogP contribution < -0.4 is 0 Å². The molecule has 0 bridgehead atoms.